The largest absolute Gasteiger partial charge is 0.0955 e. The molecule has 0 heteroatoms. The van der Waals surface area contributed by atoms with E-state index in [1.54, 1.807) is 0 Å². The minimum absolute atomic E-state index is 0.293. The molecule has 0 bridgehead atoms. The van der Waals surface area contributed by atoms with Gasteiger partial charge in [-0.3, -0.25) is 0 Å². The van der Waals surface area contributed by atoms with Gasteiger partial charge in [-0.2, -0.15) is 0 Å². The zero-order valence-electron chi connectivity index (χ0n) is 21.7. The van der Waals surface area contributed by atoms with E-state index in [-0.39, 0.29) is 0 Å². The van der Waals surface area contributed by atoms with E-state index < -0.39 is 0 Å². The van der Waals surface area contributed by atoms with Crippen LogP contribution in [0, 0.1) is 5.92 Å². The summed E-state index contributed by atoms with van der Waals surface area (Å²) in [5.74, 6) is 1.15. The number of aryl methyl sites for hydroxylation is 1. The molecule has 0 radical (unpaired) electrons. The van der Waals surface area contributed by atoms with Crippen molar-refractivity contribution in [2.24, 2.45) is 5.92 Å². The molecule has 1 fully saturated rings. The van der Waals surface area contributed by atoms with Gasteiger partial charge in [0, 0.05) is 11.8 Å². The van der Waals surface area contributed by atoms with E-state index in [0.29, 0.717) is 17.8 Å². The van der Waals surface area contributed by atoms with Gasteiger partial charge in [-0.25, -0.2) is 0 Å². The van der Waals surface area contributed by atoms with Gasteiger partial charge in [0.1, 0.15) is 0 Å². The molecule has 2 aliphatic carbocycles. The fourth-order valence-corrected chi connectivity index (χ4v) is 5.77. The van der Waals surface area contributed by atoms with Crippen LogP contribution in [-0.2, 0) is 6.42 Å². The summed E-state index contributed by atoms with van der Waals surface area (Å²) in [6.07, 6.45) is 9.02. The number of hydrogen-bond acceptors (Lipinski definition) is 0. The molecule has 176 valence electrons. The third kappa shape index (κ3) is 4.69. The van der Waals surface area contributed by atoms with Gasteiger partial charge in [-0.05, 0) is 76.7 Å². The van der Waals surface area contributed by atoms with Crippen molar-refractivity contribution in [2.75, 3.05) is 0 Å². The zero-order valence-corrected chi connectivity index (χ0v) is 21.7. The van der Waals surface area contributed by atoms with Gasteiger partial charge >= 0.3 is 0 Å². The molecule has 4 rings (SSSR count). The average Bonchev–Trinajstić information content (AvgIpc) is 3.13. The number of fused-ring (bicyclic) bond motifs is 1. The van der Waals surface area contributed by atoms with Gasteiger partial charge in [-0.15, -0.1) is 0 Å². The smallest absolute Gasteiger partial charge is 0.0201 e. The van der Waals surface area contributed by atoms with Crippen LogP contribution in [0.1, 0.15) is 88.0 Å². The Balaban J connectivity index is 1.76. The Kier molecular flexibility index (Phi) is 7.27. The fraction of sp³-hybridized carbons (Fsp3) is 0.353. The van der Waals surface area contributed by atoms with Gasteiger partial charge in [-0.1, -0.05) is 119 Å². The molecule has 2 aromatic rings. The van der Waals surface area contributed by atoms with E-state index in [4.69, 9.17) is 0 Å². The molecule has 0 N–H and O–H groups in total. The van der Waals surface area contributed by atoms with Crippen LogP contribution in [-0.4, -0.2) is 0 Å². The Morgan fingerprint density at radius 2 is 1.68 bits per heavy atom. The number of hydrogen-bond donors (Lipinski definition) is 0. The molecule has 0 nitrogen and oxygen atoms in total. The second kappa shape index (κ2) is 10.2. The van der Waals surface area contributed by atoms with Crippen LogP contribution in [0.15, 0.2) is 101 Å². The number of allylic oxidation sites excluding steroid dienone is 7. The normalized spacial score (nSPS) is 21.3. The molecule has 34 heavy (non-hydrogen) atoms. The Hall–Kier alpha value is -2.86. The van der Waals surface area contributed by atoms with Crippen molar-refractivity contribution < 1.29 is 0 Å². The molecule has 0 saturated heterocycles. The second-order valence-electron chi connectivity index (χ2n) is 10.4. The molecule has 0 heterocycles. The fourth-order valence-electron chi connectivity index (χ4n) is 5.77. The predicted octanol–water partition coefficient (Wildman–Crippen LogP) is 9.73. The van der Waals surface area contributed by atoms with Crippen molar-refractivity contribution in [3.05, 3.63) is 123 Å². The lowest BCUT2D eigenvalue weighted by molar-refractivity contribution is 0.619. The first-order valence-electron chi connectivity index (χ1n) is 13.0. The second-order valence-corrected chi connectivity index (χ2v) is 10.4. The van der Waals surface area contributed by atoms with E-state index >= 15 is 0 Å². The topological polar surface area (TPSA) is 0 Å². The molecule has 0 amide bonds. The van der Waals surface area contributed by atoms with Crippen LogP contribution in [0.2, 0.25) is 0 Å². The lowest BCUT2D eigenvalue weighted by atomic mass is 9.69. The van der Waals surface area contributed by atoms with Gasteiger partial charge in [0.2, 0.25) is 0 Å². The molecular formula is C34H40. The SMILES string of the molecule is C=C(CCC)C1=C(C)C=C2C/C(=C/c3ccc(CC)cc3)C(=C)C2C1c1ccc(C(C)C)cc1. The van der Waals surface area contributed by atoms with Gasteiger partial charge in [0.05, 0.1) is 0 Å². The van der Waals surface area contributed by atoms with Crippen molar-refractivity contribution >= 4 is 6.08 Å². The summed E-state index contributed by atoms with van der Waals surface area (Å²) in [6.45, 7) is 20.5. The summed E-state index contributed by atoms with van der Waals surface area (Å²) >= 11 is 0. The van der Waals surface area contributed by atoms with Crippen molar-refractivity contribution in [3.8, 4) is 0 Å². The molecule has 2 aliphatic rings. The number of benzene rings is 2. The van der Waals surface area contributed by atoms with Gasteiger partial charge < -0.3 is 0 Å². The zero-order chi connectivity index (χ0) is 24.4. The maximum absolute atomic E-state index is 4.67. The first-order chi connectivity index (χ1) is 16.3. The lowest BCUT2D eigenvalue weighted by Gasteiger charge is -2.34. The highest BCUT2D eigenvalue weighted by atomic mass is 14.4. The average molecular weight is 449 g/mol. The van der Waals surface area contributed by atoms with Crippen molar-refractivity contribution in [2.45, 2.75) is 72.1 Å². The molecule has 2 atom stereocenters. The Morgan fingerprint density at radius 1 is 1.00 bits per heavy atom. The summed E-state index contributed by atoms with van der Waals surface area (Å²) in [5.41, 5.74) is 13.7. The van der Waals surface area contributed by atoms with Crippen LogP contribution in [0.5, 0.6) is 0 Å². The Labute approximate surface area is 207 Å². The van der Waals surface area contributed by atoms with Gasteiger partial charge in [0.15, 0.2) is 0 Å². The van der Waals surface area contributed by atoms with E-state index in [1.807, 2.05) is 0 Å². The van der Waals surface area contributed by atoms with Crippen LogP contribution in [0.4, 0.5) is 0 Å². The Bertz CT molecular complexity index is 1160. The summed E-state index contributed by atoms with van der Waals surface area (Å²) in [5, 5.41) is 0. The van der Waals surface area contributed by atoms with E-state index in [1.165, 1.54) is 55.7 Å². The highest BCUT2D eigenvalue weighted by molar-refractivity contribution is 5.67. The molecule has 0 spiro atoms. The summed E-state index contributed by atoms with van der Waals surface area (Å²) in [6, 6.07) is 18.3. The van der Waals surface area contributed by atoms with Crippen LogP contribution >= 0.6 is 0 Å². The first kappa shape index (κ1) is 24.3. The monoisotopic (exact) mass is 448 g/mol. The molecule has 0 aromatic heterocycles. The lowest BCUT2D eigenvalue weighted by Crippen LogP contribution is -2.21. The third-order valence-electron chi connectivity index (χ3n) is 7.68. The summed E-state index contributed by atoms with van der Waals surface area (Å²) in [4.78, 5) is 0. The van der Waals surface area contributed by atoms with Crippen LogP contribution in [0.25, 0.3) is 6.08 Å². The minimum atomic E-state index is 0.293. The van der Waals surface area contributed by atoms with Gasteiger partial charge in [0.25, 0.3) is 0 Å². The quantitative estimate of drug-likeness (QED) is 0.395. The molecule has 2 aromatic carbocycles. The molecular weight excluding hydrogens is 408 g/mol. The molecule has 0 aliphatic heterocycles. The van der Waals surface area contributed by atoms with E-state index in [2.05, 4.69) is 108 Å². The first-order valence-corrected chi connectivity index (χ1v) is 13.0. The third-order valence-corrected chi connectivity index (χ3v) is 7.68. The van der Waals surface area contributed by atoms with E-state index in [0.717, 1.165) is 25.7 Å². The summed E-state index contributed by atoms with van der Waals surface area (Å²) < 4.78 is 0. The van der Waals surface area contributed by atoms with Crippen molar-refractivity contribution in [1.82, 2.24) is 0 Å². The summed E-state index contributed by atoms with van der Waals surface area (Å²) in [7, 11) is 0. The Morgan fingerprint density at radius 3 is 2.26 bits per heavy atom. The van der Waals surface area contributed by atoms with Crippen molar-refractivity contribution in [1.29, 1.82) is 0 Å². The standard InChI is InChI=1S/C34H40/c1-8-10-23(5)32-24(6)19-31-21-30(20-27-13-11-26(9-2)12-14-27)25(7)33(31)34(32)29-17-15-28(16-18-29)22(3)4/h11-20,22,33-34H,5,7-10,21H2,1-4,6H3/b30-20-. The molecule has 2 unspecified atom stereocenters. The minimum Gasteiger partial charge on any atom is -0.0955 e. The van der Waals surface area contributed by atoms with Crippen molar-refractivity contribution in [3.63, 3.8) is 0 Å². The maximum Gasteiger partial charge on any atom is 0.0201 e. The highest BCUT2D eigenvalue weighted by Crippen LogP contribution is 2.55. The van der Waals surface area contributed by atoms with Crippen LogP contribution < -0.4 is 0 Å². The maximum atomic E-state index is 4.67. The van der Waals surface area contributed by atoms with E-state index in [9.17, 15) is 0 Å². The molecule has 1 saturated carbocycles. The predicted molar refractivity (Wildman–Crippen MR) is 149 cm³/mol. The van der Waals surface area contributed by atoms with Crippen LogP contribution in [0.3, 0.4) is 0 Å². The number of rotatable bonds is 7. The highest BCUT2D eigenvalue weighted by Gasteiger charge is 2.40.